The summed E-state index contributed by atoms with van der Waals surface area (Å²) in [5.41, 5.74) is 0.393. The van der Waals surface area contributed by atoms with Crippen LogP contribution in [0.15, 0.2) is 47.4 Å². The minimum Gasteiger partial charge on any atom is -0.382 e. The minimum absolute atomic E-state index is 0.0258. The molecule has 2 N–H and O–H groups in total. The molecule has 0 aromatic heterocycles. The molecule has 0 heterocycles. The number of hydrogen-bond acceptors (Lipinski definition) is 4. The number of carbonyl (C=O) groups excluding carboxylic acids is 1. The van der Waals surface area contributed by atoms with Gasteiger partial charge in [-0.05, 0) is 36.4 Å². The molecule has 4 nitrogen and oxygen atoms in total. The van der Waals surface area contributed by atoms with Crippen LogP contribution in [0.25, 0.3) is 0 Å². The van der Waals surface area contributed by atoms with E-state index in [0.29, 0.717) is 29.6 Å². The van der Waals surface area contributed by atoms with E-state index in [1.807, 2.05) is 18.2 Å². The predicted molar refractivity (Wildman–Crippen MR) is 94.8 cm³/mol. The molecule has 0 unspecified atom stereocenters. The van der Waals surface area contributed by atoms with Crippen molar-refractivity contribution in [3.05, 3.63) is 58.9 Å². The van der Waals surface area contributed by atoms with Crippen molar-refractivity contribution < 1.29 is 9.18 Å². The molecule has 0 saturated heterocycles. The first kappa shape index (κ1) is 18.1. The van der Waals surface area contributed by atoms with Crippen LogP contribution in [0.4, 0.5) is 10.1 Å². The molecule has 1 amide bonds. The molecule has 0 bridgehead atoms. The van der Waals surface area contributed by atoms with Gasteiger partial charge < -0.3 is 10.6 Å². The summed E-state index contributed by atoms with van der Waals surface area (Å²) in [6.07, 6.45) is 0. The number of halogens is 2. The standard InChI is InChI=1S/C17H15ClFN3OS/c18-12-4-6-13(7-5-12)24-11-17(23)22-9-8-21-16-3-1-2-15(19)14(16)10-20/h1-7,21H,8-9,11H2,(H,22,23). The van der Waals surface area contributed by atoms with Crippen molar-refractivity contribution in [2.24, 2.45) is 0 Å². The lowest BCUT2D eigenvalue weighted by Crippen LogP contribution is -2.30. The van der Waals surface area contributed by atoms with Gasteiger partial charge in [-0.25, -0.2) is 4.39 Å². The first-order valence-corrected chi connectivity index (χ1v) is 8.54. The fourth-order valence-electron chi connectivity index (χ4n) is 1.91. The Morgan fingerprint density at radius 3 is 2.67 bits per heavy atom. The number of anilines is 1. The summed E-state index contributed by atoms with van der Waals surface area (Å²) in [4.78, 5) is 12.7. The molecule has 0 radical (unpaired) electrons. The van der Waals surface area contributed by atoms with E-state index in [0.717, 1.165) is 4.90 Å². The second-order valence-electron chi connectivity index (χ2n) is 4.79. The molecule has 0 saturated carbocycles. The van der Waals surface area contributed by atoms with Crippen LogP contribution < -0.4 is 10.6 Å². The molecular formula is C17H15ClFN3OS. The van der Waals surface area contributed by atoms with Crippen LogP contribution in [-0.4, -0.2) is 24.7 Å². The third-order valence-corrected chi connectivity index (χ3v) is 4.34. The Morgan fingerprint density at radius 1 is 1.21 bits per heavy atom. The fraction of sp³-hybridized carbons (Fsp3) is 0.176. The summed E-state index contributed by atoms with van der Waals surface area (Å²) in [6.45, 7) is 0.775. The number of nitriles is 1. The molecule has 2 rings (SSSR count). The second-order valence-corrected chi connectivity index (χ2v) is 6.28. The third kappa shape index (κ3) is 5.44. The molecule has 0 atom stereocenters. The zero-order valence-corrected chi connectivity index (χ0v) is 14.3. The van der Waals surface area contributed by atoms with Crippen molar-refractivity contribution >= 4 is 35.0 Å². The highest BCUT2D eigenvalue weighted by Gasteiger charge is 2.07. The van der Waals surface area contributed by atoms with Crippen molar-refractivity contribution in [1.29, 1.82) is 5.26 Å². The summed E-state index contributed by atoms with van der Waals surface area (Å²) < 4.78 is 13.4. The van der Waals surface area contributed by atoms with Gasteiger partial charge in [-0.2, -0.15) is 5.26 Å². The third-order valence-electron chi connectivity index (χ3n) is 3.07. The summed E-state index contributed by atoms with van der Waals surface area (Å²) in [5, 5.41) is 15.3. The zero-order chi connectivity index (χ0) is 17.4. The van der Waals surface area contributed by atoms with E-state index < -0.39 is 5.82 Å². The Bertz CT molecular complexity index is 746. The smallest absolute Gasteiger partial charge is 0.230 e. The molecule has 0 spiro atoms. The Kier molecular flexibility index (Phi) is 6.91. The van der Waals surface area contributed by atoms with Crippen LogP contribution in [0.2, 0.25) is 5.02 Å². The number of carbonyl (C=O) groups is 1. The quantitative estimate of drug-likeness (QED) is 0.582. The maximum absolute atomic E-state index is 13.4. The predicted octanol–water partition coefficient (Wildman–Crippen LogP) is 3.67. The van der Waals surface area contributed by atoms with E-state index >= 15 is 0 Å². The molecule has 0 aliphatic rings. The summed E-state index contributed by atoms with van der Waals surface area (Å²) in [5.74, 6) is -0.368. The Balaban J connectivity index is 1.71. The van der Waals surface area contributed by atoms with Gasteiger partial charge in [-0.15, -0.1) is 11.8 Å². The number of nitrogens with zero attached hydrogens (tertiary/aromatic N) is 1. The highest BCUT2D eigenvalue weighted by Crippen LogP contribution is 2.20. The maximum atomic E-state index is 13.4. The Hall–Kier alpha value is -2.23. The van der Waals surface area contributed by atoms with Gasteiger partial charge in [0.2, 0.25) is 5.91 Å². The van der Waals surface area contributed by atoms with Crippen molar-refractivity contribution in [2.75, 3.05) is 24.2 Å². The molecule has 124 valence electrons. The van der Waals surface area contributed by atoms with E-state index in [2.05, 4.69) is 10.6 Å². The van der Waals surface area contributed by atoms with Crippen LogP contribution in [-0.2, 0) is 4.79 Å². The average molecular weight is 364 g/mol. The van der Waals surface area contributed by atoms with Gasteiger partial charge in [0.15, 0.2) is 0 Å². The lowest BCUT2D eigenvalue weighted by Gasteiger charge is -2.09. The number of hydrogen-bond donors (Lipinski definition) is 2. The SMILES string of the molecule is N#Cc1c(F)cccc1NCCNC(=O)CSc1ccc(Cl)cc1. The zero-order valence-electron chi connectivity index (χ0n) is 12.7. The van der Waals surface area contributed by atoms with Crippen LogP contribution in [0.1, 0.15) is 5.56 Å². The largest absolute Gasteiger partial charge is 0.382 e. The first-order chi connectivity index (χ1) is 11.6. The Labute approximate surface area is 149 Å². The normalized spacial score (nSPS) is 10.0. The van der Waals surface area contributed by atoms with Crippen molar-refractivity contribution in [3.8, 4) is 6.07 Å². The fourth-order valence-corrected chi connectivity index (χ4v) is 2.77. The maximum Gasteiger partial charge on any atom is 0.230 e. The van der Waals surface area contributed by atoms with E-state index in [4.69, 9.17) is 16.9 Å². The highest BCUT2D eigenvalue weighted by molar-refractivity contribution is 8.00. The monoisotopic (exact) mass is 363 g/mol. The van der Waals surface area contributed by atoms with E-state index in [1.165, 1.54) is 23.9 Å². The number of nitrogens with one attached hydrogen (secondary N) is 2. The van der Waals surface area contributed by atoms with E-state index in [9.17, 15) is 9.18 Å². The van der Waals surface area contributed by atoms with Gasteiger partial charge >= 0.3 is 0 Å². The van der Waals surface area contributed by atoms with Gasteiger partial charge in [0, 0.05) is 23.0 Å². The van der Waals surface area contributed by atoms with Crippen LogP contribution in [0.5, 0.6) is 0 Å². The van der Waals surface area contributed by atoms with Crippen LogP contribution in [0.3, 0.4) is 0 Å². The number of amides is 1. The highest BCUT2D eigenvalue weighted by atomic mass is 35.5. The summed E-state index contributed by atoms with van der Waals surface area (Å²) in [6, 6.07) is 13.5. The molecule has 0 aliphatic heterocycles. The Morgan fingerprint density at radius 2 is 1.96 bits per heavy atom. The second kappa shape index (κ2) is 9.16. The number of thioether (sulfide) groups is 1. The van der Waals surface area contributed by atoms with Crippen molar-refractivity contribution in [1.82, 2.24) is 5.32 Å². The van der Waals surface area contributed by atoms with Gasteiger partial charge in [0.25, 0.3) is 0 Å². The topological polar surface area (TPSA) is 64.9 Å². The van der Waals surface area contributed by atoms with Gasteiger partial charge in [-0.3, -0.25) is 4.79 Å². The van der Waals surface area contributed by atoms with Crippen LogP contribution >= 0.6 is 23.4 Å². The lowest BCUT2D eigenvalue weighted by atomic mass is 10.2. The molecule has 0 fully saturated rings. The molecule has 2 aromatic rings. The average Bonchev–Trinajstić information content (AvgIpc) is 2.58. The number of rotatable bonds is 7. The summed E-state index contributed by atoms with van der Waals surface area (Å²) in [7, 11) is 0. The van der Waals surface area contributed by atoms with Crippen molar-refractivity contribution in [3.63, 3.8) is 0 Å². The molecule has 24 heavy (non-hydrogen) atoms. The minimum atomic E-state index is -0.564. The molecule has 7 heteroatoms. The number of benzene rings is 2. The molecular weight excluding hydrogens is 349 g/mol. The molecule has 0 aliphatic carbocycles. The first-order valence-electron chi connectivity index (χ1n) is 7.17. The van der Waals surface area contributed by atoms with E-state index in [1.54, 1.807) is 18.2 Å². The van der Waals surface area contributed by atoms with Gasteiger partial charge in [-0.1, -0.05) is 17.7 Å². The lowest BCUT2D eigenvalue weighted by molar-refractivity contribution is -0.118. The molecule has 2 aromatic carbocycles. The summed E-state index contributed by atoms with van der Waals surface area (Å²) >= 11 is 7.22. The van der Waals surface area contributed by atoms with Crippen LogP contribution in [0, 0.1) is 17.1 Å². The van der Waals surface area contributed by atoms with Gasteiger partial charge in [0.1, 0.15) is 17.4 Å². The van der Waals surface area contributed by atoms with E-state index in [-0.39, 0.29) is 11.5 Å². The van der Waals surface area contributed by atoms with Crippen molar-refractivity contribution in [2.45, 2.75) is 4.90 Å². The van der Waals surface area contributed by atoms with Gasteiger partial charge in [0.05, 0.1) is 11.4 Å².